The first-order valence-electron chi connectivity index (χ1n) is 5.26. The van der Waals surface area contributed by atoms with E-state index >= 15 is 0 Å². The first kappa shape index (κ1) is 12.2. The molecule has 0 radical (unpaired) electrons. The van der Waals surface area contributed by atoms with Crippen molar-refractivity contribution in [3.05, 3.63) is 48.0 Å². The van der Waals surface area contributed by atoms with Crippen LogP contribution in [0.2, 0.25) is 0 Å². The van der Waals surface area contributed by atoms with Crippen LogP contribution < -0.4 is 5.73 Å². The Balaban J connectivity index is 0.000000606. The minimum Gasteiger partial charge on any atom is -0.396 e. The van der Waals surface area contributed by atoms with Crippen molar-refractivity contribution in [3.63, 3.8) is 0 Å². The Morgan fingerprint density at radius 3 is 2.69 bits per heavy atom. The quantitative estimate of drug-likeness (QED) is 0.847. The fourth-order valence-electron chi connectivity index (χ4n) is 1.29. The summed E-state index contributed by atoms with van der Waals surface area (Å²) in [4.78, 5) is 0. The summed E-state index contributed by atoms with van der Waals surface area (Å²) < 4.78 is 14.5. The maximum absolute atomic E-state index is 12.8. The van der Waals surface area contributed by atoms with E-state index in [9.17, 15) is 4.39 Å². The van der Waals surface area contributed by atoms with Gasteiger partial charge in [0.05, 0.1) is 18.4 Å². The number of rotatable bonds is 2. The third-order valence-corrected chi connectivity index (χ3v) is 1.89. The Morgan fingerprint density at radius 1 is 1.38 bits per heavy atom. The van der Waals surface area contributed by atoms with E-state index in [1.165, 1.54) is 12.1 Å². The van der Waals surface area contributed by atoms with E-state index in [0.29, 0.717) is 12.2 Å². The van der Waals surface area contributed by atoms with Gasteiger partial charge in [-0.05, 0) is 17.7 Å². The first-order chi connectivity index (χ1) is 7.74. The fraction of sp³-hybridized carbons (Fsp3) is 0.250. The van der Waals surface area contributed by atoms with Gasteiger partial charge in [0, 0.05) is 6.20 Å². The van der Waals surface area contributed by atoms with E-state index in [2.05, 4.69) is 5.10 Å². The molecule has 0 fully saturated rings. The largest absolute Gasteiger partial charge is 0.396 e. The topological polar surface area (TPSA) is 43.8 Å². The molecule has 0 unspecified atom stereocenters. The molecular formula is C12H16FN3. The number of nitrogens with zero attached hydrogens (tertiary/aromatic N) is 2. The highest BCUT2D eigenvalue weighted by Gasteiger charge is 1.98. The molecule has 86 valence electrons. The molecule has 0 bridgehead atoms. The summed E-state index contributed by atoms with van der Waals surface area (Å²) in [6.07, 6.45) is 3.28. The van der Waals surface area contributed by atoms with Gasteiger partial charge < -0.3 is 5.73 Å². The molecule has 0 spiro atoms. The highest BCUT2D eigenvalue weighted by atomic mass is 19.1. The molecular weight excluding hydrogens is 205 g/mol. The Bertz CT molecular complexity index is 437. The van der Waals surface area contributed by atoms with Gasteiger partial charge in [-0.2, -0.15) is 5.10 Å². The van der Waals surface area contributed by atoms with Crippen LogP contribution in [0, 0.1) is 5.82 Å². The van der Waals surface area contributed by atoms with Gasteiger partial charge in [-0.25, -0.2) is 4.39 Å². The average molecular weight is 221 g/mol. The standard InChI is InChI=1S/C10H10FN3.C2H6/c11-9-3-1-2-8(4-9)6-14-7-10(12)5-13-14;1-2/h1-5,7H,6,12H2;1-2H3. The highest BCUT2D eigenvalue weighted by Crippen LogP contribution is 2.06. The molecule has 4 heteroatoms. The van der Waals surface area contributed by atoms with Gasteiger partial charge in [0.25, 0.3) is 0 Å². The SMILES string of the molecule is CC.Nc1cnn(Cc2cccc(F)c2)c1. The number of hydrogen-bond donors (Lipinski definition) is 1. The normalized spacial score (nSPS) is 9.44. The van der Waals surface area contributed by atoms with Gasteiger partial charge in [0.2, 0.25) is 0 Å². The summed E-state index contributed by atoms with van der Waals surface area (Å²) in [5.41, 5.74) is 6.99. The van der Waals surface area contributed by atoms with Crippen molar-refractivity contribution in [1.82, 2.24) is 9.78 Å². The number of anilines is 1. The summed E-state index contributed by atoms with van der Waals surface area (Å²) in [6.45, 7) is 4.54. The van der Waals surface area contributed by atoms with E-state index in [1.54, 1.807) is 23.1 Å². The molecule has 16 heavy (non-hydrogen) atoms. The van der Waals surface area contributed by atoms with Crippen LogP contribution in [0.5, 0.6) is 0 Å². The molecule has 2 aromatic rings. The summed E-state index contributed by atoms with van der Waals surface area (Å²) in [7, 11) is 0. The predicted octanol–water partition coefficient (Wildman–Crippen LogP) is 2.68. The molecule has 2 rings (SSSR count). The van der Waals surface area contributed by atoms with Gasteiger partial charge in [-0.3, -0.25) is 4.68 Å². The molecule has 1 aromatic heterocycles. The first-order valence-corrected chi connectivity index (χ1v) is 5.26. The van der Waals surface area contributed by atoms with Gasteiger partial charge >= 0.3 is 0 Å². The number of nitrogens with two attached hydrogens (primary N) is 1. The van der Waals surface area contributed by atoms with Crippen LogP contribution in [0.25, 0.3) is 0 Å². The Morgan fingerprint density at radius 2 is 2.12 bits per heavy atom. The lowest BCUT2D eigenvalue weighted by Crippen LogP contribution is -1.99. The van der Waals surface area contributed by atoms with Crippen molar-refractivity contribution >= 4 is 5.69 Å². The summed E-state index contributed by atoms with van der Waals surface area (Å²) >= 11 is 0. The molecule has 0 aliphatic carbocycles. The molecule has 0 aliphatic heterocycles. The minimum absolute atomic E-state index is 0.234. The second-order valence-corrected chi connectivity index (χ2v) is 3.10. The fourth-order valence-corrected chi connectivity index (χ4v) is 1.29. The highest BCUT2D eigenvalue weighted by molar-refractivity contribution is 5.30. The van der Waals surface area contributed by atoms with Crippen LogP contribution in [0.1, 0.15) is 19.4 Å². The summed E-state index contributed by atoms with van der Waals surface area (Å²) in [5, 5.41) is 4.01. The van der Waals surface area contributed by atoms with E-state index < -0.39 is 0 Å². The molecule has 0 atom stereocenters. The molecule has 3 nitrogen and oxygen atoms in total. The summed E-state index contributed by atoms with van der Waals surface area (Å²) in [5.74, 6) is -0.234. The predicted molar refractivity (Wildman–Crippen MR) is 63.5 cm³/mol. The van der Waals surface area contributed by atoms with Gasteiger partial charge in [0.1, 0.15) is 5.82 Å². The van der Waals surface area contributed by atoms with Crippen LogP contribution in [0.15, 0.2) is 36.7 Å². The van der Waals surface area contributed by atoms with Crippen LogP contribution in [-0.2, 0) is 6.54 Å². The Labute approximate surface area is 94.7 Å². The molecule has 0 saturated heterocycles. The minimum atomic E-state index is -0.234. The molecule has 1 aromatic carbocycles. The van der Waals surface area contributed by atoms with Crippen LogP contribution >= 0.6 is 0 Å². The van der Waals surface area contributed by atoms with Crippen LogP contribution in [0.4, 0.5) is 10.1 Å². The number of benzene rings is 1. The van der Waals surface area contributed by atoms with E-state index in [0.717, 1.165) is 5.56 Å². The van der Waals surface area contributed by atoms with E-state index in [-0.39, 0.29) is 5.82 Å². The monoisotopic (exact) mass is 221 g/mol. The van der Waals surface area contributed by atoms with E-state index in [1.807, 2.05) is 19.9 Å². The van der Waals surface area contributed by atoms with Crippen molar-refractivity contribution in [2.24, 2.45) is 0 Å². The lowest BCUT2D eigenvalue weighted by Gasteiger charge is -2.01. The van der Waals surface area contributed by atoms with Gasteiger partial charge in [0.15, 0.2) is 0 Å². The van der Waals surface area contributed by atoms with Crippen LogP contribution in [0.3, 0.4) is 0 Å². The zero-order valence-electron chi connectivity index (χ0n) is 9.52. The van der Waals surface area contributed by atoms with E-state index in [4.69, 9.17) is 5.73 Å². The lowest BCUT2D eigenvalue weighted by atomic mass is 10.2. The molecule has 0 aliphatic rings. The lowest BCUT2D eigenvalue weighted by molar-refractivity contribution is 0.619. The number of halogens is 1. The van der Waals surface area contributed by atoms with Gasteiger partial charge in [-0.15, -0.1) is 0 Å². The second-order valence-electron chi connectivity index (χ2n) is 3.10. The van der Waals surface area contributed by atoms with Crippen LogP contribution in [-0.4, -0.2) is 9.78 Å². The maximum Gasteiger partial charge on any atom is 0.123 e. The zero-order chi connectivity index (χ0) is 12.0. The second kappa shape index (κ2) is 5.90. The number of aromatic nitrogens is 2. The maximum atomic E-state index is 12.8. The Kier molecular flexibility index (Phi) is 4.51. The molecule has 0 amide bonds. The number of hydrogen-bond acceptors (Lipinski definition) is 2. The third kappa shape index (κ3) is 3.38. The number of nitrogen functional groups attached to an aromatic ring is 1. The molecule has 2 N–H and O–H groups in total. The smallest absolute Gasteiger partial charge is 0.123 e. The molecule has 0 saturated carbocycles. The van der Waals surface area contributed by atoms with Crippen molar-refractivity contribution in [1.29, 1.82) is 0 Å². The third-order valence-electron chi connectivity index (χ3n) is 1.89. The van der Waals surface area contributed by atoms with Crippen molar-refractivity contribution < 1.29 is 4.39 Å². The zero-order valence-corrected chi connectivity index (χ0v) is 9.52. The average Bonchev–Trinajstić information content (AvgIpc) is 2.67. The van der Waals surface area contributed by atoms with Crippen molar-refractivity contribution in [2.75, 3.05) is 5.73 Å². The molecule has 1 heterocycles. The Hall–Kier alpha value is -1.84. The van der Waals surface area contributed by atoms with Crippen molar-refractivity contribution in [2.45, 2.75) is 20.4 Å². The van der Waals surface area contributed by atoms with Gasteiger partial charge in [-0.1, -0.05) is 26.0 Å². The summed E-state index contributed by atoms with van der Waals surface area (Å²) in [6, 6.07) is 6.43. The van der Waals surface area contributed by atoms with Crippen molar-refractivity contribution in [3.8, 4) is 0 Å².